The Bertz CT molecular complexity index is 1130. The molecule has 2 rings (SSSR count). The molecule has 1 atom stereocenters. The molecule has 0 saturated carbocycles. The number of unbranched alkanes of at least 4 members (excludes halogenated alkanes) is 1. The molecule has 0 bridgehead atoms. The SMILES string of the molecule is CCCCNC(=O)C(CC)N(Cc1cccc(C)c1)C(=O)CN(c1cccc(C)c1C)S(C)(=O)=O. The Morgan fingerprint density at radius 1 is 1.03 bits per heavy atom. The number of carbonyl (C=O) groups is 2. The van der Waals surface area contributed by atoms with Gasteiger partial charge in [0.25, 0.3) is 0 Å². The van der Waals surface area contributed by atoms with Crippen LogP contribution in [0.3, 0.4) is 0 Å². The van der Waals surface area contributed by atoms with Crippen LogP contribution in [0.2, 0.25) is 0 Å². The zero-order valence-corrected chi connectivity index (χ0v) is 22.6. The smallest absolute Gasteiger partial charge is 0.244 e. The standard InChI is InChI=1S/C27H39N3O4S/c1-7-9-16-28-27(32)24(8-2)29(18-23-14-10-12-20(3)17-23)26(31)19-30(35(6,33)34)25-15-11-13-21(4)22(25)5/h10-15,17,24H,7-9,16,18-19H2,1-6H3,(H,28,32). The minimum atomic E-state index is -3.75. The average molecular weight is 502 g/mol. The Balaban J connectivity index is 2.45. The third kappa shape index (κ3) is 7.82. The topological polar surface area (TPSA) is 86.8 Å². The van der Waals surface area contributed by atoms with Crippen molar-refractivity contribution in [3.8, 4) is 0 Å². The molecular weight excluding hydrogens is 462 g/mol. The number of rotatable bonds is 12. The average Bonchev–Trinajstić information content (AvgIpc) is 2.79. The Morgan fingerprint density at radius 2 is 1.71 bits per heavy atom. The second kappa shape index (κ2) is 12.7. The van der Waals surface area contributed by atoms with E-state index in [9.17, 15) is 18.0 Å². The summed E-state index contributed by atoms with van der Waals surface area (Å²) < 4.78 is 26.7. The third-order valence-corrected chi connectivity index (χ3v) is 7.30. The Hall–Kier alpha value is -2.87. The monoisotopic (exact) mass is 501 g/mol. The van der Waals surface area contributed by atoms with Gasteiger partial charge in [0, 0.05) is 13.1 Å². The van der Waals surface area contributed by atoms with Gasteiger partial charge >= 0.3 is 0 Å². The van der Waals surface area contributed by atoms with Crippen LogP contribution in [0.5, 0.6) is 0 Å². The van der Waals surface area contributed by atoms with Gasteiger partial charge in [0.2, 0.25) is 21.8 Å². The van der Waals surface area contributed by atoms with E-state index in [1.807, 2.05) is 65.0 Å². The third-order valence-electron chi connectivity index (χ3n) is 6.17. The summed E-state index contributed by atoms with van der Waals surface area (Å²) in [6.07, 6.45) is 3.31. The molecule has 7 nitrogen and oxygen atoms in total. The van der Waals surface area contributed by atoms with Crippen molar-refractivity contribution >= 4 is 27.5 Å². The van der Waals surface area contributed by atoms with Gasteiger partial charge in [-0.15, -0.1) is 0 Å². The highest BCUT2D eigenvalue weighted by molar-refractivity contribution is 7.92. The van der Waals surface area contributed by atoms with Crippen LogP contribution in [0.4, 0.5) is 5.69 Å². The zero-order chi connectivity index (χ0) is 26.2. The highest BCUT2D eigenvalue weighted by Gasteiger charge is 2.32. The maximum atomic E-state index is 13.7. The number of hydrogen-bond donors (Lipinski definition) is 1. The van der Waals surface area contributed by atoms with Crippen molar-refractivity contribution < 1.29 is 18.0 Å². The molecule has 0 radical (unpaired) electrons. The Kier molecular flexibility index (Phi) is 10.3. The molecule has 0 heterocycles. The number of aryl methyl sites for hydroxylation is 2. The highest BCUT2D eigenvalue weighted by Crippen LogP contribution is 2.25. The molecule has 0 fully saturated rings. The van der Waals surface area contributed by atoms with Crippen molar-refractivity contribution in [2.45, 2.75) is 66.5 Å². The first-order valence-electron chi connectivity index (χ1n) is 12.2. The van der Waals surface area contributed by atoms with Crippen LogP contribution in [-0.4, -0.2) is 50.5 Å². The van der Waals surface area contributed by atoms with Gasteiger partial charge in [-0.25, -0.2) is 8.42 Å². The van der Waals surface area contributed by atoms with Crippen molar-refractivity contribution in [2.75, 3.05) is 23.7 Å². The maximum Gasteiger partial charge on any atom is 0.244 e. The predicted molar refractivity (Wildman–Crippen MR) is 142 cm³/mol. The van der Waals surface area contributed by atoms with E-state index in [1.54, 1.807) is 12.1 Å². The molecule has 1 N–H and O–H groups in total. The van der Waals surface area contributed by atoms with Crippen LogP contribution in [0.25, 0.3) is 0 Å². The number of sulfonamides is 1. The molecule has 8 heteroatoms. The summed E-state index contributed by atoms with van der Waals surface area (Å²) >= 11 is 0. The lowest BCUT2D eigenvalue weighted by Crippen LogP contribution is -2.52. The lowest BCUT2D eigenvalue weighted by molar-refractivity contribution is -0.140. The second-order valence-electron chi connectivity index (χ2n) is 9.07. The molecule has 0 aliphatic heterocycles. The van der Waals surface area contributed by atoms with Crippen LogP contribution < -0.4 is 9.62 Å². The number of hydrogen-bond acceptors (Lipinski definition) is 4. The Labute approximate surface area is 210 Å². The fourth-order valence-corrected chi connectivity index (χ4v) is 4.93. The van der Waals surface area contributed by atoms with Crippen molar-refractivity contribution in [3.63, 3.8) is 0 Å². The summed E-state index contributed by atoms with van der Waals surface area (Å²) in [6, 6.07) is 12.4. The maximum absolute atomic E-state index is 13.7. The number of nitrogens with zero attached hydrogens (tertiary/aromatic N) is 2. The van der Waals surface area contributed by atoms with Crippen molar-refractivity contribution in [1.82, 2.24) is 10.2 Å². The fraction of sp³-hybridized carbons (Fsp3) is 0.481. The summed E-state index contributed by atoms with van der Waals surface area (Å²) in [5.74, 6) is -0.644. The van der Waals surface area contributed by atoms with E-state index in [4.69, 9.17) is 0 Å². The van der Waals surface area contributed by atoms with Crippen molar-refractivity contribution in [1.29, 1.82) is 0 Å². The van der Waals surface area contributed by atoms with E-state index in [-0.39, 0.29) is 19.0 Å². The minimum absolute atomic E-state index is 0.213. The zero-order valence-electron chi connectivity index (χ0n) is 21.8. The van der Waals surface area contributed by atoms with Crippen LogP contribution in [0.15, 0.2) is 42.5 Å². The second-order valence-corrected chi connectivity index (χ2v) is 11.0. The van der Waals surface area contributed by atoms with Gasteiger partial charge in [0.05, 0.1) is 11.9 Å². The van der Waals surface area contributed by atoms with Gasteiger partial charge in [0.1, 0.15) is 12.6 Å². The predicted octanol–water partition coefficient (Wildman–Crippen LogP) is 4.10. The molecule has 2 aromatic rings. The summed E-state index contributed by atoms with van der Waals surface area (Å²) in [7, 11) is -3.75. The Morgan fingerprint density at radius 3 is 2.31 bits per heavy atom. The van der Waals surface area contributed by atoms with Gasteiger partial charge in [-0.3, -0.25) is 13.9 Å². The van der Waals surface area contributed by atoms with Gasteiger partial charge in [-0.1, -0.05) is 62.2 Å². The molecule has 0 aliphatic carbocycles. The molecule has 0 aromatic heterocycles. The van der Waals surface area contributed by atoms with E-state index < -0.39 is 22.0 Å². The van der Waals surface area contributed by atoms with Gasteiger partial charge in [-0.05, 0) is 56.4 Å². The van der Waals surface area contributed by atoms with E-state index in [0.717, 1.165) is 45.7 Å². The van der Waals surface area contributed by atoms with Crippen molar-refractivity contribution in [2.24, 2.45) is 0 Å². The summed E-state index contributed by atoms with van der Waals surface area (Å²) in [5, 5.41) is 2.93. The molecule has 0 saturated heterocycles. The number of carbonyl (C=O) groups excluding carboxylic acids is 2. The molecule has 0 spiro atoms. The van der Waals surface area contributed by atoms with Gasteiger partial charge in [0.15, 0.2) is 0 Å². The highest BCUT2D eigenvalue weighted by atomic mass is 32.2. The number of amides is 2. The minimum Gasteiger partial charge on any atom is -0.354 e. The molecule has 35 heavy (non-hydrogen) atoms. The van der Waals surface area contributed by atoms with E-state index in [1.165, 1.54) is 4.90 Å². The molecule has 2 aromatic carbocycles. The van der Waals surface area contributed by atoms with E-state index in [0.29, 0.717) is 18.7 Å². The van der Waals surface area contributed by atoms with Crippen LogP contribution in [0.1, 0.15) is 55.4 Å². The van der Waals surface area contributed by atoms with Crippen LogP contribution in [-0.2, 0) is 26.2 Å². The number of nitrogens with one attached hydrogen (secondary N) is 1. The largest absolute Gasteiger partial charge is 0.354 e. The quantitative estimate of drug-likeness (QED) is 0.444. The fourth-order valence-electron chi connectivity index (χ4n) is 4.03. The molecule has 1 unspecified atom stereocenters. The number of benzene rings is 2. The van der Waals surface area contributed by atoms with Crippen LogP contribution in [0, 0.1) is 20.8 Å². The van der Waals surface area contributed by atoms with E-state index in [2.05, 4.69) is 5.32 Å². The van der Waals surface area contributed by atoms with Crippen molar-refractivity contribution in [3.05, 3.63) is 64.7 Å². The molecule has 2 amide bonds. The molecule has 192 valence electrons. The first-order valence-corrected chi connectivity index (χ1v) is 14.0. The van der Waals surface area contributed by atoms with Gasteiger partial charge in [-0.2, -0.15) is 0 Å². The van der Waals surface area contributed by atoms with Crippen LogP contribution >= 0.6 is 0 Å². The first kappa shape index (κ1) is 28.4. The summed E-state index contributed by atoms with van der Waals surface area (Å²) in [4.78, 5) is 28.3. The first-order chi connectivity index (χ1) is 16.5. The lowest BCUT2D eigenvalue weighted by Gasteiger charge is -2.33. The lowest BCUT2D eigenvalue weighted by atomic mass is 10.1. The summed E-state index contributed by atoms with van der Waals surface area (Å²) in [6.45, 7) is 9.99. The van der Waals surface area contributed by atoms with E-state index >= 15 is 0 Å². The molecular formula is C27H39N3O4S. The molecule has 0 aliphatic rings. The summed E-state index contributed by atoms with van der Waals surface area (Å²) in [5.41, 5.74) is 4.12. The number of anilines is 1. The normalized spacial score (nSPS) is 12.2. The van der Waals surface area contributed by atoms with Gasteiger partial charge < -0.3 is 10.2 Å².